The number of rotatable bonds is 6. The van der Waals surface area contributed by atoms with Crippen LogP contribution in [0.1, 0.15) is 0 Å². The lowest BCUT2D eigenvalue weighted by Gasteiger charge is -2.05. The van der Waals surface area contributed by atoms with Gasteiger partial charge in [0, 0.05) is 24.6 Å². The van der Waals surface area contributed by atoms with Crippen LogP contribution in [0.2, 0.25) is 0 Å². The SMILES string of the molecule is COCCNc1nc(-c2ccccc2OC)cs1. The second-order valence-corrected chi connectivity index (χ2v) is 4.52. The molecular formula is C13H16N2O2S. The number of benzene rings is 1. The van der Waals surface area contributed by atoms with Crippen molar-refractivity contribution < 1.29 is 9.47 Å². The van der Waals surface area contributed by atoms with Gasteiger partial charge in [0.15, 0.2) is 5.13 Å². The Labute approximate surface area is 111 Å². The Bertz CT molecular complexity index is 499. The molecule has 96 valence electrons. The van der Waals surface area contributed by atoms with Crippen LogP contribution >= 0.6 is 11.3 Å². The quantitative estimate of drug-likeness (QED) is 0.815. The molecule has 0 bridgehead atoms. The number of nitrogens with zero attached hydrogens (tertiary/aromatic N) is 1. The molecule has 0 amide bonds. The lowest BCUT2D eigenvalue weighted by Crippen LogP contribution is -2.07. The van der Waals surface area contributed by atoms with Crippen LogP contribution in [0.25, 0.3) is 11.3 Å². The molecular weight excluding hydrogens is 248 g/mol. The van der Waals surface area contributed by atoms with Crippen LogP contribution in [0, 0.1) is 0 Å². The van der Waals surface area contributed by atoms with E-state index in [4.69, 9.17) is 9.47 Å². The van der Waals surface area contributed by atoms with Crippen LogP contribution < -0.4 is 10.1 Å². The number of hydrogen-bond donors (Lipinski definition) is 1. The number of anilines is 1. The Morgan fingerprint density at radius 2 is 2.11 bits per heavy atom. The minimum absolute atomic E-state index is 0.670. The molecule has 0 saturated heterocycles. The third kappa shape index (κ3) is 3.00. The van der Waals surface area contributed by atoms with Gasteiger partial charge < -0.3 is 14.8 Å². The van der Waals surface area contributed by atoms with E-state index in [1.165, 1.54) is 0 Å². The van der Waals surface area contributed by atoms with E-state index in [1.807, 2.05) is 29.6 Å². The molecule has 2 aromatic rings. The minimum atomic E-state index is 0.670. The van der Waals surface area contributed by atoms with E-state index in [2.05, 4.69) is 10.3 Å². The highest BCUT2D eigenvalue weighted by Crippen LogP contribution is 2.31. The van der Waals surface area contributed by atoms with Gasteiger partial charge in [0.1, 0.15) is 5.75 Å². The Balaban J connectivity index is 2.13. The highest BCUT2D eigenvalue weighted by Gasteiger charge is 2.08. The van der Waals surface area contributed by atoms with Gasteiger partial charge >= 0.3 is 0 Å². The van der Waals surface area contributed by atoms with Gasteiger partial charge in [0.25, 0.3) is 0 Å². The zero-order valence-corrected chi connectivity index (χ0v) is 11.3. The van der Waals surface area contributed by atoms with Gasteiger partial charge in [-0.25, -0.2) is 4.98 Å². The number of thiazole rings is 1. The lowest BCUT2D eigenvalue weighted by atomic mass is 10.1. The third-order valence-corrected chi connectivity index (χ3v) is 3.27. The van der Waals surface area contributed by atoms with Gasteiger partial charge in [0.05, 0.1) is 19.4 Å². The summed E-state index contributed by atoms with van der Waals surface area (Å²) in [6.07, 6.45) is 0. The minimum Gasteiger partial charge on any atom is -0.496 e. The summed E-state index contributed by atoms with van der Waals surface area (Å²) in [6.45, 7) is 1.43. The summed E-state index contributed by atoms with van der Waals surface area (Å²) in [5.41, 5.74) is 1.94. The fraction of sp³-hybridized carbons (Fsp3) is 0.308. The smallest absolute Gasteiger partial charge is 0.183 e. The van der Waals surface area contributed by atoms with Crippen molar-refractivity contribution >= 4 is 16.5 Å². The summed E-state index contributed by atoms with van der Waals surface area (Å²) in [5, 5.41) is 6.13. The molecule has 0 unspecified atom stereocenters. The molecule has 1 N–H and O–H groups in total. The van der Waals surface area contributed by atoms with E-state index in [1.54, 1.807) is 25.6 Å². The Hall–Kier alpha value is -1.59. The summed E-state index contributed by atoms with van der Waals surface area (Å²) in [4.78, 5) is 4.53. The first-order valence-corrected chi connectivity index (χ1v) is 6.55. The number of ether oxygens (including phenoxy) is 2. The van der Waals surface area contributed by atoms with E-state index in [0.717, 1.165) is 28.7 Å². The fourth-order valence-electron chi connectivity index (χ4n) is 1.59. The normalized spacial score (nSPS) is 10.3. The van der Waals surface area contributed by atoms with Crippen molar-refractivity contribution in [1.29, 1.82) is 0 Å². The second kappa shape index (κ2) is 6.37. The maximum Gasteiger partial charge on any atom is 0.183 e. The molecule has 0 aliphatic rings. The van der Waals surface area contributed by atoms with Crippen LogP contribution in [0.3, 0.4) is 0 Å². The molecule has 1 aromatic heterocycles. The first-order valence-electron chi connectivity index (χ1n) is 5.67. The van der Waals surface area contributed by atoms with Crippen LogP contribution in [-0.4, -0.2) is 32.4 Å². The van der Waals surface area contributed by atoms with Gasteiger partial charge in [-0.2, -0.15) is 0 Å². The lowest BCUT2D eigenvalue weighted by molar-refractivity contribution is 0.211. The molecule has 0 aliphatic carbocycles. The summed E-state index contributed by atoms with van der Waals surface area (Å²) in [5.74, 6) is 0.839. The largest absolute Gasteiger partial charge is 0.496 e. The van der Waals surface area contributed by atoms with Crippen molar-refractivity contribution in [3.05, 3.63) is 29.6 Å². The molecule has 4 nitrogen and oxygen atoms in total. The van der Waals surface area contributed by atoms with E-state index < -0.39 is 0 Å². The maximum absolute atomic E-state index is 5.33. The molecule has 0 aliphatic heterocycles. The van der Waals surface area contributed by atoms with Crippen molar-refractivity contribution in [2.24, 2.45) is 0 Å². The standard InChI is InChI=1S/C13H16N2O2S/c1-16-8-7-14-13-15-11(9-18-13)10-5-3-4-6-12(10)17-2/h3-6,9H,7-8H2,1-2H3,(H,14,15). The zero-order chi connectivity index (χ0) is 12.8. The van der Waals surface area contributed by atoms with Crippen LogP contribution in [0.5, 0.6) is 5.75 Å². The summed E-state index contributed by atoms with van der Waals surface area (Å²) < 4.78 is 10.3. The average molecular weight is 264 g/mol. The summed E-state index contributed by atoms with van der Waals surface area (Å²) >= 11 is 1.58. The molecule has 18 heavy (non-hydrogen) atoms. The van der Waals surface area contributed by atoms with Gasteiger partial charge in [-0.3, -0.25) is 0 Å². The molecule has 1 aromatic carbocycles. The van der Waals surface area contributed by atoms with E-state index in [9.17, 15) is 0 Å². The summed E-state index contributed by atoms with van der Waals surface area (Å²) in [6, 6.07) is 7.88. The monoisotopic (exact) mass is 264 g/mol. The Kier molecular flexibility index (Phi) is 4.55. The van der Waals surface area contributed by atoms with Crippen molar-refractivity contribution in [2.45, 2.75) is 0 Å². The average Bonchev–Trinajstić information content (AvgIpc) is 2.88. The summed E-state index contributed by atoms with van der Waals surface area (Å²) in [7, 11) is 3.35. The number of methoxy groups -OCH3 is 2. The molecule has 1 heterocycles. The number of nitrogens with one attached hydrogen (secondary N) is 1. The predicted molar refractivity (Wildman–Crippen MR) is 74.5 cm³/mol. The van der Waals surface area contributed by atoms with Crippen molar-refractivity contribution in [3.8, 4) is 17.0 Å². The van der Waals surface area contributed by atoms with Crippen molar-refractivity contribution in [3.63, 3.8) is 0 Å². The number of para-hydroxylation sites is 1. The molecule has 0 atom stereocenters. The van der Waals surface area contributed by atoms with Crippen molar-refractivity contribution in [2.75, 3.05) is 32.7 Å². The molecule has 0 radical (unpaired) electrons. The van der Waals surface area contributed by atoms with Gasteiger partial charge in [0.2, 0.25) is 0 Å². The molecule has 0 fully saturated rings. The van der Waals surface area contributed by atoms with E-state index in [-0.39, 0.29) is 0 Å². The third-order valence-electron chi connectivity index (χ3n) is 2.47. The molecule has 2 rings (SSSR count). The zero-order valence-electron chi connectivity index (χ0n) is 10.5. The Morgan fingerprint density at radius 1 is 1.28 bits per heavy atom. The van der Waals surface area contributed by atoms with Gasteiger partial charge in [-0.05, 0) is 12.1 Å². The molecule has 0 saturated carbocycles. The van der Waals surface area contributed by atoms with Crippen LogP contribution in [0.15, 0.2) is 29.6 Å². The fourth-order valence-corrected chi connectivity index (χ4v) is 2.33. The first-order chi connectivity index (χ1) is 8.85. The number of hydrogen-bond acceptors (Lipinski definition) is 5. The maximum atomic E-state index is 5.33. The van der Waals surface area contributed by atoms with Crippen LogP contribution in [-0.2, 0) is 4.74 Å². The number of aromatic nitrogens is 1. The van der Waals surface area contributed by atoms with Gasteiger partial charge in [-0.15, -0.1) is 11.3 Å². The predicted octanol–water partition coefficient (Wildman–Crippen LogP) is 2.88. The topological polar surface area (TPSA) is 43.4 Å². The molecule has 5 heteroatoms. The van der Waals surface area contributed by atoms with Crippen molar-refractivity contribution in [1.82, 2.24) is 4.98 Å². The van der Waals surface area contributed by atoms with E-state index in [0.29, 0.717) is 6.61 Å². The highest BCUT2D eigenvalue weighted by atomic mass is 32.1. The van der Waals surface area contributed by atoms with Gasteiger partial charge in [-0.1, -0.05) is 12.1 Å². The first kappa shape index (κ1) is 12.9. The Morgan fingerprint density at radius 3 is 2.89 bits per heavy atom. The van der Waals surface area contributed by atoms with Crippen LogP contribution in [0.4, 0.5) is 5.13 Å². The second-order valence-electron chi connectivity index (χ2n) is 3.66. The highest BCUT2D eigenvalue weighted by molar-refractivity contribution is 7.14. The van der Waals surface area contributed by atoms with E-state index >= 15 is 0 Å². The molecule has 0 spiro atoms.